The molecule has 0 saturated heterocycles. The van der Waals surface area contributed by atoms with Gasteiger partial charge in [-0.2, -0.15) is 0 Å². The number of aromatic nitrogens is 1. The van der Waals surface area contributed by atoms with E-state index in [2.05, 4.69) is 30.2 Å². The minimum Gasteiger partial charge on any atom is -0.396 e. The lowest BCUT2D eigenvalue weighted by Crippen LogP contribution is -2.29. The van der Waals surface area contributed by atoms with Gasteiger partial charge in [0.2, 0.25) is 0 Å². The van der Waals surface area contributed by atoms with Crippen molar-refractivity contribution in [2.45, 2.75) is 33.2 Å². The summed E-state index contributed by atoms with van der Waals surface area (Å²) in [5.74, 6) is 0. The van der Waals surface area contributed by atoms with E-state index in [9.17, 15) is 0 Å². The maximum atomic E-state index is 8.78. The third-order valence-electron chi connectivity index (χ3n) is 2.59. The van der Waals surface area contributed by atoms with E-state index in [4.69, 9.17) is 5.11 Å². The molecule has 0 fully saturated rings. The number of nitrogens with one attached hydrogen (secondary N) is 2. The second kappa shape index (κ2) is 5.93. The van der Waals surface area contributed by atoms with Crippen LogP contribution in [0, 0.1) is 5.41 Å². The predicted octanol–water partition coefficient (Wildman–Crippen LogP) is 1.90. The molecular formula is C12H22N2O. The van der Waals surface area contributed by atoms with Crippen molar-refractivity contribution in [1.29, 1.82) is 0 Å². The number of aromatic amines is 1. The molecule has 0 aliphatic rings. The Bertz CT molecular complexity index is 255. The molecule has 0 aliphatic carbocycles. The molecule has 1 rings (SSSR count). The maximum absolute atomic E-state index is 8.78. The van der Waals surface area contributed by atoms with Gasteiger partial charge in [-0.15, -0.1) is 0 Å². The van der Waals surface area contributed by atoms with Crippen molar-refractivity contribution in [2.24, 2.45) is 5.41 Å². The lowest BCUT2D eigenvalue weighted by molar-refractivity contribution is 0.236. The molecule has 1 aromatic rings. The van der Waals surface area contributed by atoms with Gasteiger partial charge in [0.25, 0.3) is 0 Å². The van der Waals surface area contributed by atoms with Gasteiger partial charge in [0, 0.05) is 31.6 Å². The van der Waals surface area contributed by atoms with Crippen molar-refractivity contribution in [3.63, 3.8) is 0 Å². The zero-order valence-corrected chi connectivity index (χ0v) is 9.71. The van der Waals surface area contributed by atoms with Crippen molar-refractivity contribution in [1.82, 2.24) is 10.3 Å². The van der Waals surface area contributed by atoms with Crippen molar-refractivity contribution >= 4 is 0 Å². The Labute approximate surface area is 91.9 Å². The summed E-state index contributed by atoms with van der Waals surface area (Å²) < 4.78 is 0. The second-order valence-corrected chi connectivity index (χ2v) is 4.79. The van der Waals surface area contributed by atoms with Crippen LogP contribution in [0.4, 0.5) is 0 Å². The van der Waals surface area contributed by atoms with Crippen molar-refractivity contribution in [2.75, 3.05) is 13.2 Å². The molecule has 0 radical (unpaired) electrons. The summed E-state index contributed by atoms with van der Waals surface area (Å²) >= 11 is 0. The van der Waals surface area contributed by atoms with Gasteiger partial charge in [-0.05, 0) is 30.4 Å². The zero-order valence-electron chi connectivity index (χ0n) is 9.71. The average molecular weight is 210 g/mol. The van der Waals surface area contributed by atoms with Crippen LogP contribution in [0.3, 0.4) is 0 Å². The summed E-state index contributed by atoms with van der Waals surface area (Å²) in [7, 11) is 0. The van der Waals surface area contributed by atoms with Crippen LogP contribution in [0.2, 0.25) is 0 Å². The topological polar surface area (TPSA) is 48.0 Å². The van der Waals surface area contributed by atoms with Gasteiger partial charge in [-0.3, -0.25) is 0 Å². The molecule has 15 heavy (non-hydrogen) atoms. The van der Waals surface area contributed by atoms with E-state index >= 15 is 0 Å². The van der Waals surface area contributed by atoms with Crippen molar-refractivity contribution < 1.29 is 5.11 Å². The summed E-state index contributed by atoms with van der Waals surface area (Å²) in [4.78, 5) is 3.16. The Morgan fingerprint density at radius 1 is 1.47 bits per heavy atom. The van der Waals surface area contributed by atoms with Gasteiger partial charge in [0.05, 0.1) is 0 Å². The fourth-order valence-electron chi connectivity index (χ4n) is 1.66. The maximum Gasteiger partial charge on any atom is 0.0431 e. The Balaban J connectivity index is 2.18. The fraction of sp³-hybridized carbons (Fsp3) is 0.667. The van der Waals surface area contributed by atoms with Crippen LogP contribution in [0.25, 0.3) is 0 Å². The van der Waals surface area contributed by atoms with Gasteiger partial charge in [0.15, 0.2) is 0 Å². The summed E-state index contributed by atoms with van der Waals surface area (Å²) in [5.41, 5.74) is 1.47. The minimum absolute atomic E-state index is 0.259. The monoisotopic (exact) mass is 210 g/mol. The standard InChI is InChI=1S/C12H22N2O/c1-12(2,6-4-8-15)10-13-9-11-5-3-7-14-11/h3,5,7,13-15H,4,6,8-10H2,1-2H3. The van der Waals surface area contributed by atoms with E-state index in [0.717, 1.165) is 25.9 Å². The molecule has 0 aliphatic heterocycles. The highest BCUT2D eigenvalue weighted by molar-refractivity contribution is 5.02. The number of aliphatic hydroxyl groups is 1. The molecule has 3 N–H and O–H groups in total. The molecule has 0 unspecified atom stereocenters. The molecule has 86 valence electrons. The molecule has 0 bridgehead atoms. The van der Waals surface area contributed by atoms with Gasteiger partial charge in [-0.25, -0.2) is 0 Å². The average Bonchev–Trinajstić information content (AvgIpc) is 2.67. The van der Waals surface area contributed by atoms with Crippen LogP contribution in [-0.4, -0.2) is 23.2 Å². The van der Waals surface area contributed by atoms with Crippen molar-refractivity contribution in [3.05, 3.63) is 24.0 Å². The highest BCUT2D eigenvalue weighted by Gasteiger charge is 2.16. The molecular weight excluding hydrogens is 188 g/mol. The molecule has 1 aromatic heterocycles. The van der Waals surface area contributed by atoms with E-state index in [-0.39, 0.29) is 5.41 Å². The first kappa shape index (κ1) is 12.3. The first-order chi connectivity index (χ1) is 7.14. The Morgan fingerprint density at radius 2 is 2.27 bits per heavy atom. The SMILES string of the molecule is CC(C)(CCCO)CNCc1ccc[nH]1. The van der Waals surface area contributed by atoms with E-state index < -0.39 is 0 Å². The predicted molar refractivity (Wildman–Crippen MR) is 62.6 cm³/mol. The minimum atomic E-state index is 0.259. The lowest BCUT2D eigenvalue weighted by atomic mass is 9.88. The number of hydrogen-bond donors (Lipinski definition) is 3. The lowest BCUT2D eigenvalue weighted by Gasteiger charge is -2.24. The number of rotatable bonds is 7. The molecule has 0 aromatic carbocycles. The summed E-state index contributed by atoms with van der Waals surface area (Å²) in [5, 5.41) is 12.2. The second-order valence-electron chi connectivity index (χ2n) is 4.79. The van der Waals surface area contributed by atoms with Gasteiger partial charge < -0.3 is 15.4 Å². The summed E-state index contributed by atoms with van der Waals surface area (Å²) in [6, 6.07) is 4.08. The zero-order chi connectivity index (χ0) is 11.1. The molecule has 0 saturated carbocycles. The first-order valence-corrected chi connectivity index (χ1v) is 5.58. The first-order valence-electron chi connectivity index (χ1n) is 5.58. The molecule has 0 atom stereocenters. The van der Waals surface area contributed by atoms with E-state index in [0.29, 0.717) is 6.61 Å². The van der Waals surface area contributed by atoms with Crippen LogP contribution >= 0.6 is 0 Å². The Kier molecular flexibility index (Phi) is 4.85. The van der Waals surface area contributed by atoms with Crippen molar-refractivity contribution in [3.8, 4) is 0 Å². The van der Waals surface area contributed by atoms with Crippen LogP contribution in [0.15, 0.2) is 18.3 Å². The number of hydrogen-bond acceptors (Lipinski definition) is 2. The van der Waals surface area contributed by atoms with Crippen LogP contribution in [0.5, 0.6) is 0 Å². The fourth-order valence-corrected chi connectivity index (χ4v) is 1.66. The molecule has 1 heterocycles. The molecule has 3 heteroatoms. The Hall–Kier alpha value is -0.800. The highest BCUT2D eigenvalue weighted by atomic mass is 16.2. The largest absolute Gasteiger partial charge is 0.396 e. The molecule has 0 spiro atoms. The number of H-pyrrole nitrogens is 1. The number of aliphatic hydroxyl groups excluding tert-OH is 1. The smallest absolute Gasteiger partial charge is 0.0431 e. The van der Waals surface area contributed by atoms with Crippen LogP contribution in [-0.2, 0) is 6.54 Å². The van der Waals surface area contributed by atoms with Crippen LogP contribution < -0.4 is 5.32 Å². The summed E-state index contributed by atoms with van der Waals surface area (Å²) in [6.07, 6.45) is 3.88. The van der Waals surface area contributed by atoms with E-state index in [1.165, 1.54) is 5.69 Å². The van der Waals surface area contributed by atoms with Crippen LogP contribution in [0.1, 0.15) is 32.4 Å². The summed E-state index contributed by atoms with van der Waals surface area (Å²) in [6.45, 7) is 6.61. The third kappa shape index (κ3) is 5.00. The van der Waals surface area contributed by atoms with Gasteiger partial charge in [-0.1, -0.05) is 13.8 Å². The third-order valence-corrected chi connectivity index (χ3v) is 2.59. The van der Waals surface area contributed by atoms with E-state index in [1.807, 2.05) is 12.3 Å². The van der Waals surface area contributed by atoms with Gasteiger partial charge in [0.1, 0.15) is 0 Å². The quantitative estimate of drug-likeness (QED) is 0.644. The molecule has 0 amide bonds. The Morgan fingerprint density at radius 3 is 2.87 bits per heavy atom. The van der Waals surface area contributed by atoms with E-state index in [1.54, 1.807) is 0 Å². The highest BCUT2D eigenvalue weighted by Crippen LogP contribution is 2.20. The van der Waals surface area contributed by atoms with Gasteiger partial charge >= 0.3 is 0 Å². The molecule has 3 nitrogen and oxygen atoms in total. The normalized spacial score (nSPS) is 11.9.